The molecule has 1 fully saturated rings. The fourth-order valence-corrected chi connectivity index (χ4v) is 2.51. The van der Waals surface area contributed by atoms with E-state index in [0.29, 0.717) is 22.1 Å². The smallest absolute Gasteiger partial charge is 0.235 e. The minimum Gasteiger partial charge on any atom is -0.493 e. The number of hydrogen-bond acceptors (Lipinski definition) is 4. The lowest BCUT2D eigenvalue weighted by molar-refractivity contribution is 0.198. The van der Waals surface area contributed by atoms with Crippen LogP contribution >= 0.6 is 11.6 Å². The van der Waals surface area contributed by atoms with E-state index in [1.165, 1.54) is 18.9 Å². The molecule has 0 N–H and O–H groups in total. The fraction of sp³-hybridized carbons (Fsp3) is 0.500. The van der Waals surface area contributed by atoms with Crippen molar-refractivity contribution >= 4 is 17.7 Å². The largest absolute Gasteiger partial charge is 0.493 e. The Morgan fingerprint density at radius 2 is 2.16 bits per heavy atom. The minimum absolute atomic E-state index is 0.154. The maximum atomic E-state index is 10.3. The number of hydrogen-bond donors (Lipinski definition) is 0. The standard InChI is InChI=1S/C14H16ClNO3/c1-18-13-7-6-12(15)11(8-16-9-17)14(13)19-10-4-2-3-5-10/h6-7,10H,2-5,8H2,1H3. The number of benzene rings is 1. The quantitative estimate of drug-likeness (QED) is 0.613. The lowest BCUT2D eigenvalue weighted by Gasteiger charge is -2.19. The Kier molecular flexibility index (Phi) is 4.83. The molecule has 5 heteroatoms. The molecule has 102 valence electrons. The van der Waals surface area contributed by atoms with Crippen LogP contribution in [0.1, 0.15) is 31.2 Å². The van der Waals surface area contributed by atoms with Gasteiger partial charge in [0.05, 0.1) is 19.8 Å². The van der Waals surface area contributed by atoms with Crippen LogP contribution in [0.15, 0.2) is 17.1 Å². The molecule has 0 bridgehead atoms. The van der Waals surface area contributed by atoms with Crippen LogP contribution in [0.4, 0.5) is 0 Å². The van der Waals surface area contributed by atoms with Crippen LogP contribution in [-0.2, 0) is 11.3 Å². The summed E-state index contributed by atoms with van der Waals surface area (Å²) < 4.78 is 11.3. The van der Waals surface area contributed by atoms with Gasteiger partial charge in [-0.05, 0) is 37.8 Å². The van der Waals surface area contributed by atoms with Gasteiger partial charge in [0.15, 0.2) is 11.5 Å². The van der Waals surface area contributed by atoms with Crippen LogP contribution < -0.4 is 9.47 Å². The Morgan fingerprint density at radius 1 is 1.42 bits per heavy atom. The Hall–Kier alpha value is -1.51. The number of carbonyl (C=O) groups excluding carboxylic acids is 1. The average Bonchev–Trinajstić information content (AvgIpc) is 2.91. The zero-order valence-electron chi connectivity index (χ0n) is 10.8. The third-order valence-electron chi connectivity index (χ3n) is 3.28. The van der Waals surface area contributed by atoms with Crippen LogP contribution in [0, 0.1) is 0 Å². The molecule has 1 aliphatic carbocycles. The molecule has 1 aliphatic rings. The van der Waals surface area contributed by atoms with Gasteiger partial charge in [-0.25, -0.2) is 9.79 Å². The molecule has 0 saturated heterocycles. The first-order chi connectivity index (χ1) is 9.26. The van der Waals surface area contributed by atoms with Crippen LogP contribution in [-0.4, -0.2) is 19.3 Å². The molecule has 19 heavy (non-hydrogen) atoms. The first kappa shape index (κ1) is 13.9. The molecular formula is C14H16ClNO3. The summed E-state index contributed by atoms with van der Waals surface area (Å²) in [4.78, 5) is 13.9. The molecule has 1 aromatic rings. The molecule has 0 aromatic heterocycles. The highest BCUT2D eigenvalue weighted by Gasteiger charge is 2.21. The van der Waals surface area contributed by atoms with Gasteiger partial charge in [-0.2, -0.15) is 0 Å². The molecule has 0 heterocycles. The Morgan fingerprint density at radius 3 is 2.79 bits per heavy atom. The van der Waals surface area contributed by atoms with Gasteiger partial charge >= 0.3 is 0 Å². The molecular weight excluding hydrogens is 266 g/mol. The van der Waals surface area contributed by atoms with E-state index < -0.39 is 0 Å². The summed E-state index contributed by atoms with van der Waals surface area (Å²) in [6.07, 6.45) is 6.13. The normalized spacial score (nSPS) is 15.1. The van der Waals surface area contributed by atoms with Gasteiger partial charge in [0, 0.05) is 10.6 Å². The van der Waals surface area contributed by atoms with Gasteiger partial charge < -0.3 is 9.47 Å². The second-order valence-corrected chi connectivity index (χ2v) is 4.90. The predicted molar refractivity (Wildman–Crippen MR) is 72.7 cm³/mol. The van der Waals surface area contributed by atoms with Crippen LogP contribution in [0.5, 0.6) is 11.5 Å². The molecule has 1 aromatic carbocycles. The number of aliphatic imine (C=N–C) groups is 1. The van der Waals surface area contributed by atoms with Crippen molar-refractivity contribution in [2.45, 2.75) is 38.3 Å². The Balaban J connectivity index is 2.34. The maximum Gasteiger partial charge on any atom is 0.235 e. The van der Waals surface area contributed by atoms with Gasteiger partial charge in [0.2, 0.25) is 6.08 Å². The number of rotatable bonds is 5. The van der Waals surface area contributed by atoms with Crippen molar-refractivity contribution in [3.8, 4) is 11.5 Å². The van der Waals surface area contributed by atoms with Crippen molar-refractivity contribution in [3.05, 3.63) is 22.7 Å². The highest BCUT2D eigenvalue weighted by molar-refractivity contribution is 6.31. The Labute approximate surface area is 117 Å². The van der Waals surface area contributed by atoms with E-state index in [0.717, 1.165) is 12.8 Å². The van der Waals surface area contributed by atoms with Crippen molar-refractivity contribution in [1.82, 2.24) is 0 Å². The van der Waals surface area contributed by atoms with Crippen molar-refractivity contribution < 1.29 is 14.3 Å². The molecule has 0 aliphatic heterocycles. The van der Waals surface area contributed by atoms with Crippen molar-refractivity contribution in [2.75, 3.05) is 7.11 Å². The van der Waals surface area contributed by atoms with E-state index in [9.17, 15) is 4.79 Å². The summed E-state index contributed by atoms with van der Waals surface area (Å²) in [5, 5.41) is 0.521. The van der Waals surface area contributed by atoms with E-state index >= 15 is 0 Å². The maximum absolute atomic E-state index is 10.3. The molecule has 1 saturated carbocycles. The third-order valence-corrected chi connectivity index (χ3v) is 3.63. The second-order valence-electron chi connectivity index (χ2n) is 4.49. The molecule has 0 unspecified atom stereocenters. The van der Waals surface area contributed by atoms with Crippen molar-refractivity contribution in [3.63, 3.8) is 0 Å². The second kappa shape index (κ2) is 6.60. The third kappa shape index (κ3) is 3.28. The van der Waals surface area contributed by atoms with E-state index in [1.807, 2.05) is 0 Å². The van der Waals surface area contributed by atoms with Crippen LogP contribution in [0.25, 0.3) is 0 Å². The van der Waals surface area contributed by atoms with Gasteiger partial charge in [-0.15, -0.1) is 0 Å². The first-order valence-electron chi connectivity index (χ1n) is 6.32. The summed E-state index contributed by atoms with van der Waals surface area (Å²) in [6.45, 7) is 0.154. The van der Waals surface area contributed by atoms with E-state index in [1.54, 1.807) is 19.2 Å². The summed E-state index contributed by atoms with van der Waals surface area (Å²) in [7, 11) is 1.58. The van der Waals surface area contributed by atoms with E-state index in [-0.39, 0.29) is 12.6 Å². The summed E-state index contributed by atoms with van der Waals surface area (Å²) >= 11 is 6.15. The SMILES string of the molecule is COc1ccc(Cl)c(CN=C=O)c1OC1CCCC1. The van der Waals surface area contributed by atoms with Gasteiger partial charge in [0.25, 0.3) is 0 Å². The minimum atomic E-state index is 0.154. The Bertz CT molecular complexity index is 492. The lowest BCUT2D eigenvalue weighted by Crippen LogP contribution is -2.13. The fourth-order valence-electron chi connectivity index (χ4n) is 2.30. The zero-order chi connectivity index (χ0) is 13.7. The number of isocyanates is 1. The topological polar surface area (TPSA) is 47.9 Å². The highest BCUT2D eigenvalue weighted by atomic mass is 35.5. The molecule has 2 rings (SSSR count). The number of methoxy groups -OCH3 is 1. The molecule has 0 atom stereocenters. The average molecular weight is 282 g/mol. The molecule has 0 radical (unpaired) electrons. The predicted octanol–water partition coefficient (Wildman–Crippen LogP) is 3.51. The lowest BCUT2D eigenvalue weighted by atomic mass is 10.1. The van der Waals surface area contributed by atoms with E-state index in [4.69, 9.17) is 21.1 Å². The zero-order valence-corrected chi connectivity index (χ0v) is 11.6. The number of nitrogens with zero attached hydrogens (tertiary/aromatic N) is 1. The number of ether oxygens (including phenoxy) is 2. The van der Waals surface area contributed by atoms with E-state index in [2.05, 4.69) is 4.99 Å². The van der Waals surface area contributed by atoms with Crippen LogP contribution in [0.3, 0.4) is 0 Å². The first-order valence-corrected chi connectivity index (χ1v) is 6.69. The molecule has 0 amide bonds. The van der Waals surface area contributed by atoms with Crippen LogP contribution in [0.2, 0.25) is 5.02 Å². The van der Waals surface area contributed by atoms with Crippen molar-refractivity contribution in [2.24, 2.45) is 4.99 Å². The molecule has 0 spiro atoms. The van der Waals surface area contributed by atoms with Gasteiger partial charge in [0.1, 0.15) is 0 Å². The summed E-state index contributed by atoms with van der Waals surface area (Å²) in [6, 6.07) is 3.48. The monoisotopic (exact) mass is 281 g/mol. The van der Waals surface area contributed by atoms with Crippen molar-refractivity contribution in [1.29, 1.82) is 0 Å². The van der Waals surface area contributed by atoms with Gasteiger partial charge in [-0.3, -0.25) is 0 Å². The summed E-state index contributed by atoms with van der Waals surface area (Å²) in [5.74, 6) is 1.22. The number of halogens is 1. The summed E-state index contributed by atoms with van der Waals surface area (Å²) in [5.41, 5.74) is 0.677. The highest BCUT2D eigenvalue weighted by Crippen LogP contribution is 2.38. The molecule has 4 nitrogen and oxygen atoms in total. The van der Waals surface area contributed by atoms with Gasteiger partial charge in [-0.1, -0.05) is 11.6 Å².